The molecule has 0 radical (unpaired) electrons. The maximum absolute atomic E-state index is 12.9. The molecule has 1 saturated carbocycles. The Morgan fingerprint density at radius 1 is 1.34 bits per heavy atom. The summed E-state index contributed by atoms with van der Waals surface area (Å²) in [6.07, 6.45) is 4.84. The molecule has 1 aromatic heterocycles. The highest BCUT2D eigenvalue weighted by Gasteiger charge is 2.27. The summed E-state index contributed by atoms with van der Waals surface area (Å²) >= 11 is 6.21. The summed E-state index contributed by atoms with van der Waals surface area (Å²) in [6, 6.07) is 6.11. The number of hydrogen-bond donors (Lipinski definition) is 1. The van der Waals surface area contributed by atoms with Gasteiger partial charge in [-0.3, -0.25) is 9.36 Å². The van der Waals surface area contributed by atoms with Gasteiger partial charge < -0.3 is 14.6 Å². The number of aromatic nitrogens is 1. The van der Waals surface area contributed by atoms with Gasteiger partial charge in [0.1, 0.15) is 11.8 Å². The van der Waals surface area contributed by atoms with Crippen molar-refractivity contribution >= 4 is 17.6 Å². The Hall–Kier alpha value is -2.31. The number of ether oxygens (including phenoxy) is 2. The number of fused-ring (bicyclic) bond motifs is 3. The molecule has 154 valence electrons. The van der Waals surface area contributed by atoms with E-state index in [1.165, 1.54) is 16.8 Å². The van der Waals surface area contributed by atoms with Crippen molar-refractivity contribution in [3.63, 3.8) is 0 Å². The lowest BCUT2D eigenvalue weighted by Crippen LogP contribution is -2.31. The summed E-state index contributed by atoms with van der Waals surface area (Å²) in [5.41, 5.74) is 2.21. The van der Waals surface area contributed by atoms with E-state index in [0.717, 1.165) is 30.4 Å². The third-order valence-electron chi connectivity index (χ3n) is 5.39. The maximum Gasteiger partial charge on any atom is 0.326 e. The van der Waals surface area contributed by atoms with Crippen molar-refractivity contribution in [3.8, 4) is 16.9 Å². The van der Waals surface area contributed by atoms with Crippen LogP contribution in [0.2, 0.25) is 5.02 Å². The summed E-state index contributed by atoms with van der Waals surface area (Å²) in [5, 5.41) is 10.3. The van der Waals surface area contributed by atoms with Gasteiger partial charge in [0.2, 0.25) is 0 Å². The smallest absolute Gasteiger partial charge is 0.326 e. The van der Waals surface area contributed by atoms with E-state index in [0.29, 0.717) is 29.5 Å². The first-order chi connectivity index (χ1) is 13.9. The summed E-state index contributed by atoms with van der Waals surface area (Å²) in [6.45, 7) is 2.88. The van der Waals surface area contributed by atoms with Crippen LogP contribution in [0.3, 0.4) is 0 Å². The lowest BCUT2D eigenvalue weighted by molar-refractivity contribution is -0.141. The van der Waals surface area contributed by atoms with E-state index in [9.17, 15) is 14.7 Å². The van der Waals surface area contributed by atoms with Crippen LogP contribution in [0.15, 0.2) is 35.3 Å². The molecule has 1 aliphatic heterocycles. The Bertz CT molecular complexity index is 982. The molecule has 0 bridgehead atoms. The minimum atomic E-state index is -1.06. The third-order valence-corrected chi connectivity index (χ3v) is 5.62. The molecule has 1 N–H and O–H groups in total. The molecule has 1 aromatic carbocycles. The number of nitrogens with zero attached hydrogens (tertiary/aromatic N) is 1. The summed E-state index contributed by atoms with van der Waals surface area (Å²) < 4.78 is 12.8. The van der Waals surface area contributed by atoms with Gasteiger partial charge in [-0.15, -0.1) is 0 Å². The number of halogens is 1. The van der Waals surface area contributed by atoms with E-state index in [-0.39, 0.29) is 24.0 Å². The molecule has 6 nitrogen and oxygen atoms in total. The lowest BCUT2D eigenvalue weighted by Gasteiger charge is -2.24. The average molecular weight is 418 g/mol. The molecule has 2 unspecified atom stereocenters. The second kappa shape index (κ2) is 8.20. The zero-order valence-electron chi connectivity index (χ0n) is 16.3. The van der Waals surface area contributed by atoms with Crippen molar-refractivity contribution in [1.82, 2.24) is 4.57 Å². The average Bonchev–Trinajstić information content (AvgIpc) is 3.49. The van der Waals surface area contributed by atoms with Crippen LogP contribution in [-0.4, -0.2) is 35.0 Å². The van der Waals surface area contributed by atoms with Gasteiger partial charge in [-0.1, -0.05) is 24.6 Å². The first-order valence-electron chi connectivity index (χ1n) is 9.94. The SMILES string of the molecule is CC1COc2cn(C(CCOC3CC3)C(=O)O)c(=O)cc2-c2cc(Cl)ccc2C1. The van der Waals surface area contributed by atoms with Crippen LogP contribution in [0.4, 0.5) is 0 Å². The normalized spacial score (nSPS) is 19.3. The van der Waals surface area contributed by atoms with E-state index < -0.39 is 12.0 Å². The monoisotopic (exact) mass is 417 g/mol. The number of rotatable bonds is 6. The van der Waals surface area contributed by atoms with Crippen LogP contribution >= 0.6 is 11.6 Å². The molecule has 1 aliphatic carbocycles. The van der Waals surface area contributed by atoms with Crippen LogP contribution in [0.25, 0.3) is 11.1 Å². The zero-order chi connectivity index (χ0) is 20.5. The van der Waals surface area contributed by atoms with Crippen LogP contribution in [-0.2, 0) is 16.0 Å². The minimum absolute atomic E-state index is 0.226. The standard InChI is InChI=1S/C22H24ClNO5/c1-13-8-14-2-3-15(23)9-17(14)18-10-21(25)24(11-20(18)29-12-13)19(22(26)27)6-7-28-16-4-5-16/h2-3,9-11,13,16,19H,4-8,12H2,1H3,(H,26,27). The van der Waals surface area contributed by atoms with Crippen LogP contribution < -0.4 is 10.3 Å². The number of hydrogen-bond acceptors (Lipinski definition) is 4. The van der Waals surface area contributed by atoms with E-state index in [2.05, 4.69) is 6.92 Å². The van der Waals surface area contributed by atoms with E-state index >= 15 is 0 Å². The number of benzene rings is 1. The largest absolute Gasteiger partial charge is 0.491 e. The molecule has 2 aromatic rings. The van der Waals surface area contributed by atoms with Gasteiger partial charge >= 0.3 is 5.97 Å². The maximum atomic E-state index is 12.9. The summed E-state index contributed by atoms with van der Waals surface area (Å²) in [4.78, 5) is 24.7. The van der Waals surface area contributed by atoms with Crippen molar-refractivity contribution in [2.75, 3.05) is 13.2 Å². The number of carboxylic acids is 1. The second-order valence-electron chi connectivity index (χ2n) is 7.93. The Balaban J connectivity index is 1.73. The molecule has 0 spiro atoms. The van der Waals surface area contributed by atoms with Crippen molar-refractivity contribution < 1.29 is 19.4 Å². The van der Waals surface area contributed by atoms with Gasteiger partial charge in [0.15, 0.2) is 0 Å². The minimum Gasteiger partial charge on any atom is -0.491 e. The Labute approximate surface area is 174 Å². The second-order valence-corrected chi connectivity index (χ2v) is 8.37. The molecule has 2 aliphatic rings. The molecular weight excluding hydrogens is 394 g/mol. The van der Waals surface area contributed by atoms with Gasteiger partial charge in [0, 0.05) is 29.7 Å². The Morgan fingerprint density at radius 3 is 2.86 bits per heavy atom. The highest BCUT2D eigenvalue weighted by Crippen LogP contribution is 2.37. The predicted octanol–water partition coefficient (Wildman–Crippen LogP) is 3.93. The van der Waals surface area contributed by atoms with Gasteiger partial charge in [0.25, 0.3) is 5.56 Å². The van der Waals surface area contributed by atoms with E-state index in [4.69, 9.17) is 21.1 Å². The van der Waals surface area contributed by atoms with Crippen molar-refractivity contribution in [3.05, 3.63) is 51.4 Å². The first-order valence-corrected chi connectivity index (χ1v) is 10.3. The third kappa shape index (κ3) is 4.49. The molecule has 2 heterocycles. The fraction of sp³-hybridized carbons (Fsp3) is 0.455. The Kier molecular flexibility index (Phi) is 5.65. The lowest BCUT2D eigenvalue weighted by atomic mass is 9.92. The highest BCUT2D eigenvalue weighted by atomic mass is 35.5. The molecule has 7 heteroatoms. The van der Waals surface area contributed by atoms with Crippen molar-refractivity contribution in [1.29, 1.82) is 0 Å². The summed E-state index contributed by atoms with van der Waals surface area (Å²) in [5.74, 6) is -0.297. The topological polar surface area (TPSA) is 77.8 Å². The quantitative estimate of drug-likeness (QED) is 0.770. The molecule has 2 atom stereocenters. The van der Waals surface area contributed by atoms with Gasteiger partial charge in [-0.2, -0.15) is 0 Å². The van der Waals surface area contributed by atoms with Crippen molar-refractivity contribution in [2.24, 2.45) is 5.92 Å². The molecule has 4 rings (SSSR count). The zero-order valence-corrected chi connectivity index (χ0v) is 17.0. The Morgan fingerprint density at radius 2 is 2.14 bits per heavy atom. The van der Waals surface area contributed by atoms with E-state index in [1.807, 2.05) is 18.2 Å². The van der Waals surface area contributed by atoms with Crippen LogP contribution in [0, 0.1) is 5.92 Å². The molecular formula is C22H24ClNO5. The number of aliphatic carboxylic acids is 1. The summed E-state index contributed by atoms with van der Waals surface area (Å²) in [7, 11) is 0. The number of pyridine rings is 1. The van der Waals surface area contributed by atoms with E-state index in [1.54, 1.807) is 0 Å². The van der Waals surface area contributed by atoms with Gasteiger partial charge in [-0.25, -0.2) is 4.79 Å². The first kappa shape index (κ1) is 20.0. The number of carbonyl (C=O) groups is 1. The fourth-order valence-corrected chi connectivity index (χ4v) is 3.88. The molecule has 29 heavy (non-hydrogen) atoms. The molecule has 0 saturated heterocycles. The van der Waals surface area contributed by atoms with Gasteiger partial charge in [-0.05, 0) is 48.4 Å². The van der Waals surface area contributed by atoms with Crippen LogP contribution in [0.1, 0.15) is 37.8 Å². The van der Waals surface area contributed by atoms with Gasteiger partial charge in [0.05, 0.1) is 18.9 Å². The van der Waals surface area contributed by atoms with Crippen molar-refractivity contribution in [2.45, 2.75) is 44.8 Å². The predicted molar refractivity (Wildman–Crippen MR) is 110 cm³/mol. The molecule has 0 amide bonds. The number of carboxylic acid groups (broad SMARTS) is 1. The molecule has 1 fully saturated rings. The highest BCUT2D eigenvalue weighted by molar-refractivity contribution is 6.30. The van der Waals surface area contributed by atoms with Crippen LogP contribution in [0.5, 0.6) is 5.75 Å². The fourth-order valence-electron chi connectivity index (χ4n) is 3.70.